The van der Waals surface area contributed by atoms with Gasteiger partial charge in [0.2, 0.25) is 10.0 Å². The summed E-state index contributed by atoms with van der Waals surface area (Å²) in [7, 11) is -3.43. The highest BCUT2D eigenvalue weighted by Crippen LogP contribution is 2.27. The van der Waals surface area contributed by atoms with E-state index in [-0.39, 0.29) is 31.2 Å². The molecule has 1 saturated heterocycles. The zero-order valence-corrected chi connectivity index (χ0v) is 14.9. The number of carbonyl (C=O) groups excluding carboxylic acids is 1. The molecular formula is C17H19FN2O5S. The van der Waals surface area contributed by atoms with Crippen LogP contribution in [0.1, 0.15) is 17.0 Å². The first-order chi connectivity index (χ1) is 12.3. The van der Waals surface area contributed by atoms with Crippen LogP contribution in [0.4, 0.5) is 4.39 Å². The molecule has 0 bridgehead atoms. The van der Waals surface area contributed by atoms with Crippen LogP contribution in [0.5, 0.6) is 11.7 Å². The number of hydrogen-bond donors (Lipinski definition) is 1. The van der Waals surface area contributed by atoms with Crippen LogP contribution in [0.3, 0.4) is 0 Å². The van der Waals surface area contributed by atoms with Crippen LogP contribution < -0.4 is 9.46 Å². The number of likely N-dealkylation sites (tertiary alicyclic amines) is 1. The first-order valence-corrected chi connectivity index (χ1v) is 9.93. The van der Waals surface area contributed by atoms with Crippen LogP contribution >= 0.6 is 0 Å². The highest BCUT2D eigenvalue weighted by molar-refractivity contribution is 7.88. The zero-order chi connectivity index (χ0) is 18.7. The molecule has 7 nitrogen and oxygen atoms in total. The van der Waals surface area contributed by atoms with E-state index >= 15 is 0 Å². The number of hydrogen-bond acceptors (Lipinski definition) is 5. The lowest BCUT2D eigenvalue weighted by Crippen LogP contribution is -2.42. The number of halogens is 1. The molecule has 2 unspecified atom stereocenters. The predicted molar refractivity (Wildman–Crippen MR) is 92.4 cm³/mol. The fourth-order valence-electron chi connectivity index (χ4n) is 2.79. The number of rotatable bonds is 6. The molecule has 1 amide bonds. The van der Waals surface area contributed by atoms with Crippen LogP contribution in [0, 0.1) is 0 Å². The van der Waals surface area contributed by atoms with Gasteiger partial charge < -0.3 is 14.1 Å². The van der Waals surface area contributed by atoms with Crippen molar-refractivity contribution >= 4 is 15.9 Å². The molecule has 2 atom stereocenters. The Labute approximate surface area is 150 Å². The van der Waals surface area contributed by atoms with E-state index in [1.807, 2.05) is 6.07 Å². The second-order valence-corrected chi connectivity index (χ2v) is 7.93. The van der Waals surface area contributed by atoms with Gasteiger partial charge >= 0.3 is 0 Å². The topological polar surface area (TPSA) is 88.9 Å². The molecule has 0 saturated carbocycles. The number of alkyl halides is 1. The molecule has 9 heteroatoms. The summed E-state index contributed by atoms with van der Waals surface area (Å²) in [5.74, 6) is 0.199. The maximum absolute atomic E-state index is 13.8. The molecule has 0 radical (unpaired) electrons. The van der Waals surface area contributed by atoms with Crippen molar-refractivity contribution in [3.63, 3.8) is 0 Å². The summed E-state index contributed by atoms with van der Waals surface area (Å²) < 4.78 is 49.5. The van der Waals surface area contributed by atoms with Gasteiger partial charge in [0.05, 0.1) is 12.8 Å². The van der Waals surface area contributed by atoms with Crippen molar-refractivity contribution in [3.8, 4) is 11.7 Å². The Morgan fingerprint density at radius 3 is 2.73 bits per heavy atom. The molecule has 140 valence electrons. The minimum absolute atomic E-state index is 0.00869. The second-order valence-electron chi connectivity index (χ2n) is 6.10. The number of ether oxygens (including phenoxy) is 1. The largest absolute Gasteiger partial charge is 0.426 e. The first kappa shape index (κ1) is 18.4. The molecule has 1 aromatic heterocycles. The van der Waals surface area contributed by atoms with Crippen molar-refractivity contribution in [1.82, 2.24) is 9.62 Å². The van der Waals surface area contributed by atoms with E-state index in [1.54, 1.807) is 24.3 Å². The van der Waals surface area contributed by atoms with Gasteiger partial charge in [-0.3, -0.25) is 4.79 Å². The molecule has 2 aromatic rings. The lowest BCUT2D eigenvalue weighted by molar-refractivity contribution is 0.0694. The number of amides is 1. The Hall–Kier alpha value is -2.39. The maximum Gasteiger partial charge on any atom is 0.290 e. The van der Waals surface area contributed by atoms with Crippen molar-refractivity contribution in [2.45, 2.75) is 18.6 Å². The Morgan fingerprint density at radius 1 is 1.31 bits per heavy atom. The van der Waals surface area contributed by atoms with Gasteiger partial charge in [-0.15, -0.1) is 0 Å². The lowest BCUT2D eigenvalue weighted by Gasteiger charge is -2.23. The van der Waals surface area contributed by atoms with Crippen LogP contribution in [0.2, 0.25) is 0 Å². The molecule has 26 heavy (non-hydrogen) atoms. The van der Waals surface area contributed by atoms with E-state index in [9.17, 15) is 17.6 Å². The molecule has 1 aliphatic heterocycles. The predicted octanol–water partition coefficient (Wildman–Crippen LogP) is 2.17. The van der Waals surface area contributed by atoms with Crippen molar-refractivity contribution in [3.05, 3.63) is 48.2 Å². The molecule has 1 aromatic carbocycles. The van der Waals surface area contributed by atoms with E-state index in [2.05, 4.69) is 4.72 Å². The van der Waals surface area contributed by atoms with Crippen molar-refractivity contribution in [1.29, 1.82) is 0 Å². The summed E-state index contributed by atoms with van der Waals surface area (Å²) >= 11 is 0. The molecule has 0 spiro atoms. The fourth-order valence-corrected chi connectivity index (χ4v) is 3.28. The Bertz CT molecular complexity index is 868. The minimum Gasteiger partial charge on any atom is -0.426 e. The van der Waals surface area contributed by atoms with Gasteiger partial charge in [-0.25, -0.2) is 17.5 Å². The summed E-state index contributed by atoms with van der Waals surface area (Å²) in [5.41, 5.74) is 0. The third-order valence-electron chi connectivity index (χ3n) is 3.96. The third-order valence-corrected chi connectivity index (χ3v) is 4.65. The van der Waals surface area contributed by atoms with Crippen LogP contribution in [-0.2, 0) is 10.0 Å². The fraction of sp³-hybridized carbons (Fsp3) is 0.353. The van der Waals surface area contributed by atoms with Gasteiger partial charge in [0.25, 0.3) is 11.9 Å². The monoisotopic (exact) mass is 382 g/mol. The summed E-state index contributed by atoms with van der Waals surface area (Å²) in [6.45, 7) is -0.149. The van der Waals surface area contributed by atoms with Crippen molar-refractivity contribution in [2.24, 2.45) is 0 Å². The van der Waals surface area contributed by atoms with E-state index in [0.29, 0.717) is 5.75 Å². The number of carbonyl (C=O) groups is 1. The van der Waals surface area contributed by atoms with E-state index in [0.717, 1.165) is 6.26 Å². The van der Waals surface area contributed by atoms with Gasteiger partial charge in [0, 0.05) is 25.1 Å². The van der Waals surface area contributed by atoms with Crippen LogP contribution in [-0.4, -0.2) is 50.8 Å². The molecule has 2 heterocycles. The number of para-hydroxylation sites is 1. The van der Waals surface area contributed by atoms with Crippen molar-refractivity contribution < 1.29 is 26.8 Å². The highest BCUT2D eigenvalue weighted by Gasteiger charge is 2.37. The Balaban J connectivity index is 1.69. The molecule has 3 rings (SSSR count). The second kappa shape index (κ2) is 7.46. The molecule has 1 aliphatic rings. The molecular weight excluding hydrogens is 363 g/mol. The first-order valence-electron chi connectivity index (χ1n) is 8.04. The number of nitrogens with zero attached hydrogens (tertiary/aromatic N) is 1. The Morgan fingerprint density at radius 2 is 2.04 bits per heavy atom. The van der Waals surface area contributed by atoms with Crippen LogP contribution in [0.15, 0.2) is 46.9 Å². The number of sulfonamides is 1. The molecule has 1 fully saturated rings. The number of nitrogens with one attached hydrogen (secondary N) is 1. The highest BCUT2D eigenvalue weighted by atomic mass is 32.2. The summed E-state index contributed by atoms with van der Waals surface area (Å²) in [6.07, 6.45) is -0.122. The summed E-state index contributed by atoms with van der Waals surface area (Å²) in [5, 5.41) is 0. The van der Waals surface area contributed by atoms with Crippen molar-refractivity contribution in [2.75, 3.05) is 19.3 Å². The van der Waals surface area contributed by atoms with Crippen LogP contribution in [0.25, 0.3) is 0 Å². The van der Waals surface area contributed by atoms with Gasteiger partial charge in [-0.2, -0.15) is 0 Å². The van der Waals surface area contributed by atoms with Gasteiger partial charge in [-0.05, 0) is 18.2 Å². The zero-order valence-electron chi connectivity index (χ0n) is 14.1. The Kier molecular flexibility index (Phi) is 5.28. The van der Waals surface area contributed by atoms with E-state index < -0.39 is 28.1 Å². The van der Waals surface area contributed by atoms with Gasteiger partial charge in [0.15, 0.2) is 5.76 Å². The normalized spacial score (nSPS) is 20.3. The molecule has 0 aliphatic carbocycles. The number of benzene rings is 1. The lowest BCUT2D eigenvalue weighted by atomic mass is 10.2. The van der Waals surface area contributed by atoms with Gasteiger partial charge in [-0.1, -0.05) is 18.2 Å². The average Bonchev–Trinajstić information content (AvgIpc) is 3.19. The minimum atomic E-state index is -3.43. The smallest absolute Gasteiger partial charge is 0.290 e. The summed E-state index contributed by atoms with van der Waals surface area (Å²) in [6, 6.07) is 11.3. The quantitative estimate of drug-likeness (QED) is 0.827. The van der Waals surface area contributed by atoms with Gasteiger partial charge in [0.1, 0.15) is 11.9 Å². The average molecular weight is 382 g/mol. The van der Waals surface area contributed by atoms with E-state index in [4.69, 9.17) is 9.15 Å². The third kappa shape index (κ3) is 4.61. The SMILES string of the molecule is CS(=O)(=O)NCC1CC(F)CN1C(=O)c1ccc(Oc2ccccc2)o1. The number of furan rings is 1. The standard InChI is InChI=1S/C17H19FN2O5S/c1-26(22,23)19-10-13-9-12(18)11-20(13)17(21)15-7-8-16(25-15)24-14-5-3-2-4-6-14/h2-8,12-13,19H,9-11H2,1H3. The maximum atomic E-state index is 13.8. The summed E-state index contributed by atoms with van der Waals surface area (Å²) in [4.78, 5) is 13.9. The molecule has 1 N–H and O–H groups in total. The van der Waals surface area contributed by atoms with E-state index in [1.165, 1.54) is 17.0 Å².